The van der Waals surface area contributed by atoms with Crippen LogP contribution in [-0.4, -0.2) is 19.1 Å². The zero-order valence-electron chi connectivity index (χ0n) is 16.8. The molecule has 0 unspecified atom stereocenters. The maximum absolute atomic E-state index is 12.8. The Morgan fingerprint density at radius 3 is 2.50 bits per heavy atom. The lowest BCUT2D eigenvalue weighted by Gasteiger charge is -2.23. The second-order valence-corrected chi connectivity index (χ2v) is 7.44. The van der Waals surface area contributed by atoms with Gasteiger partial charge in [-0.25, -0.2) is 0 Å². The lowest BCUT2D eigenvalue weighted by Crippen LogP contribution is -2.30. The number of halogens is 3. The van der Waals surface area contributed by atoms with Crippen molar-refractivity contribution in [3.63, 3.8) is 0 Å². The number of carbonyl (C=O) groups excluding carboxylic acids is 1. The van der Waals surface area contributed by atoms with E-state index in [0.29, 0.717) is 30.3 Å². The normalized spacial score (nSPS) is 15.1. The number of ether oxygens (including phenoxy) is 2. The molecule has 0 bridgehead atoms. The minimum absolute atomic E-state index is 0.0839. The summed E-state index contributed by atoms with van der Waals surface area (Å²) < 4.78 is 49.9. The van der Waals surface area contributed by atoms with Crippen LogP contribution in [0.5, 0.6) is 11.5 Å². The van der Waals surface area contributed by atoms with Crippen molar-refractivity contribution < 1.29 is 27.4 Å². The molecule has 0 saturated carbocycles. The third kappa shape index (κ3) is 5.55. The Morgan fingerprint density at radius 2 is 1.80 bits per heavy atom. The second-order valence-electron chi connectivity index (χ2n) is 7.44. The molecule has 0 aromatic heterocycles. The van der Waals surface area contributed by atoms with Crippen molar-refractivity contribution in [1.29, 1.82) is 0 Å². The molecule has 7 heteroatoms. The molecule has 1 atom stereocenters. The first-order chi connectivity index (χ1) is 14.2. The standard InChI is InChI=1S/C23H24F3NO3/c1-15(2)22(17-8-9-19-20(14-17)30-12-4-11-29-19)27-21(28)10-7-16-5-3-6-18(13-16)23(24,25)26/h3,5-10,13-15,22H,4,11-12H2,1-2H3,(H,27,28)/b10-7+/t22-/m0/s1. The first kappa shape index (κ1) is 21.7. The summed E-state index contributed by atoms with van der Waals surface area (Å²) in [5.74, 6) is 1.01. The molecule has 1 aliphatic rings. The van der Waals surface area contributed by atoms with E-state index >= 15 is 0 Å². The number of nitrogens with one attached hydrogen (secondary N) is 1. The summed E-state index contributed by atoms with van der Waals surface area (Å²) in [6, 6.07) is 10.1. The average molecular weight is 419 g/mol. The van der Waals surface area contributed by atoms with Gasteiger partial charge in [-0.15, -0.1) is 0 Å². The second kappa shape index (κ2) is 9.24. The Labute approximate surface area is 173 Å². The largest absolute Gasteiger partial charge is 0.490 e. The Kier molecular flexibility index (Phi) is 6.70. The van der Waals surface area contributed by atoms with Crippen LogP contribution in [0, 0.1) is 5.92 Å². The van der Waals surface area contributed by atoms with Crippen LogP contribution < -0.4 is 14.8 Å². The Hall–Kier alpha value is -2.96. The van der Waals surface area contributed by atoms with Gasteiger partial charge in [0.1, 0.15) is 0 Å². The van der Waals surface area contributed by atoms with Crippen LogP contribution in [0.2, 0.25) is 0 Å². The van der Waals surface area contributed by atoms with E-state index in [1.54, 1.807) is 0 Å². The van der Waals surface area contributed by atoms with E-state index < -0.39 is 17.6 Å². The minimum Gasteiger partial charge on any atom is -0.490 e. The third-order valence-corrected chi connectivity index (χ3v) is 4.74. The highest BCUT2D eigenvalue weighted by molar-refractivity contribution is 5.92. The number of fused-ring (bicyclic) bond motifs is 1. The Morgan fingerprint density at radius 1 is 1.07 bits per heavy atom. The lowest BCUT2D eigenvalue weighted by molar-refractivity contribution is -0.137. The number of benzene rings is 2. The van der Waals surface area contributed by atoms with E-state index in [1.165, 1.54) is 24.3 Å². The van der Waals surface area contributed by atoms with Gasteiger partial charge in [0.15, 0.2) is 11.5 Å². The average Bonchev–Trinajstić information content (AvgIpc) is 2.94. The van der Waals surface area contributed by atoms with Gasteiger partial charge in [-0.3, -0.25) is 4.79 Å². The zero-order chi connectivity index (χ0) is 21.7. The maximum Gasteiger partial charge on any atom is 0.416 e. The molecule has 0 radical (unpaired) electrons. The van der Waals surface area contributed by atoms with Gasteiger partial charge in [0.2, 0.25) is 5.91 Å². The van der Waals surface area contributed by atoms with E-state index in [-0.39, 0.29) is 12.0 Å². The highest BCUT2D eigenvalue weighted by Crippen LogP contribution is 2.34. The van der Waals surface area contributed by atoms with Crippen LogP contribution in [0.15, 0.2) is 48.5 Å². The summed E-state index contributed by atoms with van der Waals surface area (Å²) in [6.45, 7) is 5.11. The SMILES string of the molecule is CC(C)[C@H](NC(=O)/C=C/c1cccc(C(F)(F)F)c1)c1ccc2c(c1)OCCCO2. The van der Waals surface area contributed by atoms with Crippen LogP contribution >= 0.6 is 0 Å². The molecule has 2 aromatic carbocycles. The molecule has 0 saturated heterocycles. The third-order valence-electron chi connectivity index (χ3n) is 4.74. The topological polar surface area (TPSA) is 47.6 Å². The van der Waals surface area contributed by atoms with E-state index in [9.17, 15) is 18.0 Å². The van der Waals surface area contributed by atoms with Gasteiger partial charge >= 0.3 is 6.18 Å². The molecule has 1 amide bonds. The van der Waals surface area contributed by atoms with Crippen molar-refractivity contribution in [3.05, 3.63) is 65.2 Å². The van der Waals surface area contributed by atoms with Gasteiger partial charge in [-0.1, -0.05) is 32.0 Å². The summed E-state index contributed by atoms with van der Waals surface area (Å²) in [6.07, 6.45) is -1.01. The molecule has 160 valence electrons. The van der Waals surface area contributed by atoms with Crippen molar-refractivity contribution >= 4 is 12.0 Å². The summed E-state index contributed by atoms with van der Waals surface area (Å²) in [5, 5.41) is 2.93. The number of hydrogen-bond acceptors (Lipinski definition) is 3. The van der Waals surface area contributed by atoms with E-state index in [4.69, 9.17) is 9.47 Å². The molecule has 0 spiro atoms. The van der Waals surface area contributed by atoms with Gasteiger partial charge in [-0.2, -0.15) is 13.2 Å². The minimum atomic E-state index is -4.42. The van der Waals surface area contributed by atoms with E-state index in [1.807, 2.05) is 32.0 Å². The first-order valence-corrected chi connectivity index (χ1v) is 9.79. The van der Waals surface area contributed by atoms with Gasteiger partial charge in [-0.05, 0) is 47.4 Å². The van der Waals surface area contributed by atoms with E-state index in [0.717, 1.165) is 24.1 Å². The van der Waals surface area contributed by atoms with Crippen molar-refractivity contribution in [2.24, 2.45) is 5.92 Å². The molecule has 1 N–H and O–H groups in total. The van der Waals surface area contributed by atoms with Crippen molar-refractivity contribution in [1.82, 2.24) is 5.32 Å². The first-order valence-electron chi connectivity index (χ1n) is 9.79. The molecule has 3 rings (SSSR count). The predicted molar refractivity (Wildman–Crippen MR) is 108 cm³/mol. The number of rotatable bonds is 5. The molecule has 1 heterocycles. The molecule has 2 aromatic rings. The monoisotopic (exact) mass is 419 g/mol. The maximum atomic E-state index is 12.8. The van der Waals surface area contributed by atoms with Crippen LogP contribution in [0.1, 0.15) is 43.0 Å². The summed E-state index contributed by atoms with van der Waals surface area (Å²) in [7, 11) is 0. The van der Waals surface area contributed by atoms with Crippen molar-refractivity contribution in [2.45, 2.75) is 32.5 Å². The molecule has 0 aliphatic carbocycles. The quantitative estimate of drug-likeness (QED) is 0.661. The summed E-state index contributed by atoms with van der Waals surface area (Å²) >= 11 is 0. The molecule has 1 aliphatic heterocycles. The zero-order valence-corrected chi connectivity index (χ0v) is 16.8. The fourth-order valence-corrected chi connectivity index (χ4v) is 3.20. The molecule has 4 nitrogen and oxygen atoms in total. The van der Waals surface area contributed by atoms with E-state index in [2.05, 4.69) is 5.32 Å². The molecule has 0 fully saturated rings. The number of amides is 1. The predicted octanol–water partition coefficient (Wildman–Crippen LogP) is 5.39. The van der Waals surface area contributed by atoms with Gasteiger partial charge in [0.05, 0.1) is 24.8 Å². The van der Waals surface area contributed by atoms with Gasteiger partial charge in [0.25, 0.3) is 0 Å². The van der Waals surface area contributed by atoms with Gasteiger partial charge < -0.3 is 14.8 Å². The number of hydrogen-bond donors (Lipinski definition) is 1. The van der Waals surface area contributed by atoms with Crippen LogP contribution in [0.3, 0.4) is 0 Å². The van der Waals surface area contributed by atoms with Crippen molar-refractivity contribution in [3.8, 4) is 11.5 Å². The number of carbonyl (C=O) groups is 1. The van der Waals surface area contributed by atoms with Crippen LogP contribution in [0.25, 0.3) is 6.08 Å². The smallest absolute Gasteiger partial charge is 0.416 e. The molecular formula is C23H24F3NO3. The molecule has 30 heavy (non-hydrogen) atoms. The van der Waals surface area contributed by atoms with Crippen LogP contribution in [-0.2, 0) is 11.0 Å². The van der Waals surface area contributed by atoms with Gasteiger partial charge in [0, 0.05) is 12.5 Å². The highest BCUT2D eigenvalue weighted by Gasteiger charge is 2.30. The Balaban J connectivity index is 1.73. The highest BCUT2D eigenvalue weighted by atomic mass is 19.4. The molecular weight excluding hydrogens is 395 g/mol. The summed E-state index contributed by atoms with van der Waals surface area (Å²) in [5.41, 5.74) is 0.420. The summed E-state index contributed by atoms with van der Waals surface area (Å²) in [4.78, 5) is 12.5. The fourth-order valence-electron chi connectivity index (χ4n) is 3.20. The Bertz CT molecular complexity index is 922. The van der Waals surface area contributed by atoms with Crippen molar-refractivity contribution in [2.75, 3.05) is 13.2 Å². The van der Waals surface area contributed by atoms with Crippen LogP contribution in [0.4, 0.5) is 13.2 Å². The fraction of sp³-hybridized carbons (Fsp3) is 0.348. The number of alkyl halides is 3. The lowest BCUT2D eigenvalue weighted by atomic mass is 9.95.